The summed E-state index contributed by atoms with van der Waals surface area (Å²) in [4.78, 5) is 47.6. The molecular weight excluding hydrogens is 368 g/mol. The van der Waals surface area contributed by atoms with Crippen LogP contribution in [0, 0.1) is 0 Å². The van der Waals surface area contributed by atoms with Gasteiger partial charge in [0, 0.05) is 13.0 Å². The van der Waals surface area contributed by atoms with Gasteiger partial charge in [0.05, 0.1) is 13.0 Å². The molecule has 0 bridgehead atoms. The maximum Gasteiger partial charge on any atom is 0.329 e. The minimum Gasteiger partial charge on any atom is -0.466 e. The monoisotopic (exact) mass is 402 g/mol. The highest BCUT2D eigenvalue weighted by molar-refractivity contribution is 5.84. The molecule has 1 atom stereocenters. The molecule has 1 unspecified atom stereocenters. The van der Waals surface area contributed by atoms with Crippen LogP contribution < -0.4 is 10.6 Å². The minimum absolute atomic E-state index is 0.0102. The SMILES string of the molecule is CCOC(=O)CCNC(=O)NC(CCC(=O)OC(C)(C)C)C(=O)OC(C)(C)C. The van der Waals surface area contributed by atoms with Gasteiger partial charge in [-0.25, -0.2) is 9.59 Å². The van der Waals surface area contributed by atoms with Crippen LogP contribution in [0.15, 0.2) is 0 Å². The van der Waals surface area contributed by atoms with Crippen LogP contribution in [0.3, 0.4) is 0 Å². The van der Waals surface area contributed by atoms with Crippen LogP contribution in [-0.2, 0) is 28.6 Å². The van der Waals surface area contributed by atoms with Crippen LogP contribution in [0.5, 0.6) is 0 Å². The van der Waals surface area contributed by atoms with Crippen molar-refractivity contribution in [1.29, 1.82) is 0 Å². The highest BCUT2D eigenvalue weighted by Gasteiger charge is 2.28. The molecule has 9 heteroatoms. The largest absolute Gasteiger partial charge is 0.466 e. The standard InChI is InChI=1S/C19H34N2O7/c1-8-26-14(22)11-12-20-17(25)21-13(16(24)28-19(5,6)7)9-10-15(23)27-18(2,3)4/h13H,8-12H2,1-7H3,(H2,20,21,25). The van der Waals surface area contributed by atoms with Gasteiger partial charge in [-0.15, -0.1) is 0 Å². The maximum atomic E-state index is 12.4. The predicted molar refractivity (Wildman–Crippen MR) is 102 cm³/mol. The van der Waals surface area contributed by atoms with Crippen LogP contribution >= 0.6 is 0 Å². The molecule has 162 valence electrons. The van der Waals surface area contributed by atoms with Crippen LogP contribution in [-0.4, -0.2) is 54.3 Å². The molecule has 2 N–H and O–H groups in total. The average Bonchev–Trinajstić information content (AvgIpc) is 2.48. The normalized spacial score (nSPS) is 12.5. The molecular formula is C19H34N2O7. The van der Waals surface area contributed by atoms with E-state index in [1.165, 1.54) is 0 Å². The quantitative estimate of drug-likeness (QED) is 0.447. The predicted octanol–water partition coefficient (Wildman–Crippen LogP) is 2.07. The molecule has 0 aromatic rings. The van der Waals surface area contributed by atoms with E-state index in [9.17, 15) is 19.2 Å². The third-order valence-electron chi connectivity index (χ3n) is 2.97. The fourth-order valence-corrected chi connectivity index (χ4v) is 2.00. The number of carbonyl (C=O) groups excluding carboxylic acids is 4. The highest BCUT2D eigenvalue weighted by Crippen LogP contribution is 2.13. The number of rotatable bonds is 9. The highest BCUT2D eigenvalue weighted by atomic mass is 16.6. The summed E-state index contributed by atoms with van der Waals surface area (Å²) in [5.41, 5.74) is -1.39. The van der Waals surface area contributed by atoms with Gasteiger partial charge in [-0.3, -0.25) is 9.59 Å². The Morgan fingerprint density at radius 2 is 1.43 bits per heavy atom. The Kier molecular flexibility index (Phi) is 10.6. The zero-order chi connectivity index (χ0) is 22.0. The molecule has 0 fully saturated rings. The number of carbonyl (C=O) groups is 4. The number of hydrogen-bond acceptors (Lipinski definition) is 7. The summed E-state index contributed by atoms with van der Waals surface area (Å²) >= 11 is 0. The average molecular weight is 402 g/mol. The molecule has 9 nitrogen and oxygen atoms in total. The molecule has 0 heterocycles. The van der Waals surface area contributed by atoms with E-state index in [2.05, 4.69) is 10.6 Å². The van der Waals surface area contributed by atoms with Crippen molar-refractivity contribution in [3.8, 4) is 0 Å². The number of urea groups is 1. The molecule has 0 saturated heterocycles. The van der Waals surface area contributed by atoms with Gasteiger partial charge in [0.2, 0.25) is 0 Å². The summed E-state index contributed by atoms with van der Waals surface area (Å²) < 4.78 is 15.3. The molecule has 0 spiro atoms. The molecule has 0 aliphatic carbocycles. The zero-order valence-corrected chi connectivity index (χ0v) is 18.0. The van der Waals surface area contributed by atoms with Gasteiger partial charge < -0.3 is 24.8 Å². The first-order valence-corrected chi connectivity index (χ1v) is 9.38. The van der Waals surface area contributed by atoms with Crippen molar-refractivity contribution in [3.05, 3.63) is 0 Å². The third kappa shape index (κ3) is 13.8. The lowest BCUT2D eigenvalue weighted by molar-refractivity contribution is -0.158. The van der Waals surface area contributed by atoms with Crippen molar-refractivity contribution in [2.24, 2.45) is 0 Å². The second-order valence-corrected chi connectivity index (χ2v) is 8.17. The topological polar surface area (TPSA) is 120 Å². The summed E-state index contributed by atoms with van der Waals surface area (Å²) in [5.74, 6) is -1.57. The van der Waals surface area contributed by atoms with E-state index in [0.29, 0.717) is 0 Å². The van der Waals surface area contributed by atoms with Crippen molar-refractivity contribution in [1.82, 2.24) is 10.6 Å². The van der Waals surface area contributed by atoms with Gasteiger partial charge >= 0.3 is 23.9 Å². The van der Waals surface area contributed by atoms with E-state index in [-0.39, 0.29) is 32.4 Å². The fourth-order valence-electron chi connectivity index (χ4n) is 2.00. The first-order chi connectivity index (χ1) is 12.7. The molecule has 0 saturated carbocycles. The molecule has 0 rings (SSSR count). The van der Waals surface area contributed by atoms with Crippen molar-refractivity contribution in [3.63, 3.8) is 0 Å². The maximum absolute atomic E-state index is 12.4. The van der Waals surface area contributed by atoms with E-state index >= 15 is 0 Å². The number of nitrogens with one attached hydrogen (secondary N) is 2. The van der Waals surface area contributed by atoms with E-state index in [4.69, 9.17) is 14.2 Å². The second-order valence-electron chi connectivity index (χ2n) is 8.17. The van der Waals surface area contributed by atoms with Gasteiger partial charge in [-0.05, 0) is 54.9 Å². The van der Waals surface area contributed by atoms with Crippen LogP contribution in [0.25, 0.3) is 0 Å². The molecule has 0 radical (unpaired) electrons. The second kappa shape index (κ2) is 11.5. The van der Waals surface area contributed by atoms with Crippen LogP contribution in [0.4, 0.5) is 4.79 Å². The van der Waals surface area contributed by atoms with E-state index in [0.717, 1.165) is 0 Å². The van der Waals surface area contributed by atoms with Crippen molar-refractivity contribution < 1.29 is 33.4 Å². The fraction of sp³-hybridized carbons (Fsp3) is 0.789. The Hall–Kier alpha value is -2.32. The van der Waals surface area contributed by atoms with Gasteiger partial charge in [0.15, 0.2) is 0 Å². The van der Waals surface area contributed by atoms with E-state index in [1.54, 1.807) is 48.5 Å². The molecule has 2 amide bonds. The van der Waals surface area contributed by atoms with Gasteiger partial charge in [-0.1, -0.05) is 0 Å². The lowest BCUT2D eigenvalue weighted by Crippen LogP contribution is -2.48. The van der Waals surface area contributed by atoms with E-state index < -0.39 is 41.2 Å². The summed E-state index contributed by atoms with van der Waals surface area (Å²) in [6, 6.07) is -1.68. The Labute approximate surface area is 166 Å². The van der Waals surface area contributed by atoms with Crippen LogP contribution in [0.1, 0.15) is 67.7 Å². The first-order valence-electron chi connectivity index (χ1n) is 9.38. The molecule has 0 aliphatic rings. The Morgan fingerprint density at radius 1 is 0.857 bits per heavy atom. The van der Waals surface area contributed by atoms with Crippen molar-refractivity contribution >= 4 is 23.9 Å². The van der Waals surface area contributed by atoms with Gasteiger partial charge in [0.25, 0.3) is 0 Å². The molecule has 28 heavy (non-hydrogen) atoms. The number of esters is 3. The lowest BCUT2D eigenvalue weighted by atomic mass is 10.1. The van der Waals surface area contributed by atoms with Crippen LogP contribution in [0.2, 0.25) is 0 Å². The summed E-state index contributed by atoms with van der Waals surface area (Å²) in [6.07, 6.45) is -0.0321. The number of amides is 2. The lowest BCUT2D eigenvalue weighted by Gasteiger charge is -2.25. The molecule has 0 aromatic heterocycles. The molecule has 0 aromatic carbocycles. The summed E-state index contributed by atoms with van der Waals surface area (Å²) in [5, 5.41) is 4.95. The molecule has 0 aliphatic heterocycles. The van der Waals surface area contributed by atoms with Gasteiger partial charge in [-0.2, -0.15) is 0 Å². The van der Waals surface area contributed by atoms with Crippen molar-refractivity contribution in [2.45, 2.75) is 85.0 Å². The van der Waals surface area contributed by atoms with E-state index in [1.807, 2.05) is 0 Å². The zero-order valence-electron chi connectivity index (χ0n) is 18.0. The first kappa shape index (κ1) is 25.7. The third-order valence-corrected chi connectivity index (χ3v) is 2.97. The van der Waals surface area contributed by atoms with Gasteiger partial charge in [0.1, 0.15) is 17.2 Å². The Balaban J connectivity index is 4.76. The number of hydrogen-bond donors (Lipinski definition) is 2. The minimum atomic E-state index is -1.03. The number of ether oxygens (including phenoxy) is 3. The Bertz CT molecular complexity index is 547. The summed E-state index contributed by atoms with van der Waals surface area (Å²) in [7, 11) is 0. The summed E-state index contributed by atoms with van der Waals surface area (Å²) in [6.45, 7) is 12.3. The smallest absolute Gasteiger partial charge is 0.329 e. The van der Waals surface area contributed by atoms with Crippen molar-refractivity contribution in [2.75, 3.05) is 13.2 Å². The Morgan fingerprint density at radius 3 is 1.93 bits per heavy atom.